The van der Waals surface area contributed by atoms with Gasteiger partial charge in [-0.1, -0.05) is 35.4 Å². The van der Waals surface area contributed by atoms with Crippen molar-refractivity contribution in [3.05, 3.63) is 58.1 Å². The Morgan fingerprint density at radius 1 is 1.23 bits per heavy atom. The fourth-order valence-electron chi connectivity index (χ4n) is 5.05. The van der Waals surface area contributed by atoms with E-state index in [9.17, 15) is 4.79 Å². The van der Waals surface area contributed by atoms with Gasteiger partial charge in [-0.3, -0.25) is 4.79 Å². The molecule has 1 spiro atoms. The van der Waals surface area contributed by atoms with Crippen LogP contribution in [0.25, 0.3) is 10.8 Å². The number of hydrogen-bond acceptors (Lipinski definition) is 1. The Balaban J connectivity index is 1.82. The molecule has 22 heavy (non-hydrogen) atoms. The van der Waals surface area contributed by atoms with Crippen LogP contribution in [0.5, 0.6) is 0 Å². The van der Waals surface area contributed by atoms with Crippen molar-refractivity contribution in [3.8, 4) is 0 Å². The normalized spacial score (nSPS) is 29.2. The molecule has 2 aromatic carbocycles. The Bertz CT molecular complexity index is 863. The van der Waals surface area contributed by atoms with E-state index in [1.807, 2.05) is 12.1 Å². The standard InChI is InChI=1S/C20H17ClO/c21-18-3-1-2-13-9-16-17(10-15(13)18)20(7-6-19(16)22)11-12-4-5-14(20)8-12/h1-4,9-10,14H,5-8,11H2. The van der Waals surface area contributed by atoms with Gasteiger partial charge in [-0.25, -0.2) is 0 Å². The molecule has 0 saturated heterocycles. The summed E-state index contributed by atoms with van der Waals surface area (Å²) in [5.74, 6) is 0.994. The summed E-state index contributed by atoms with van der Waals surface area (Å²) in [5, 5.41) is 2.96. The van der Waals surface area contributed by atoms with Crippen molar-refractivity contribution in [2.45, 2.75) is 37.5 Å². The van der Waals surface area contributed by atoms with Crippen LogP contribution in [0.3, 0.4) is 0 Å². The average molecular weight is 309 g/mol. The van der Waals surface area contributed by atoms with Crippen LogP contribution in [-0.4, -0.2) is 5.78 Å². The zero-order chi connectivity index (χ0) is 14.9. The van der Waals surface area contributed by atoms with Gasteiger partial charge in [-0.15, -0.1) is 0 Å². The van der Waals surface area contributed by atoms with Crippen LogP contribution >= 0.6 is 11.6 Å². The molecule has 2 atom stereocenters. The number of carbonyl (C=O) groups is 1. The van der Waals surface area contributed by atoms with Crippen LogP contribution in [0, 0.1) is 5.92 Å². The van der Waals surface area contributed by atoms with Gasteiger partial charge < -0.3 is 0 Å². The Morgan fingerprint density at radius 2 is 2.14 bits per heavy atom. The lowest BCUT2D eigenvalue weighted by molar-refractivity contribution is 0.0940. The van der Waals surface area contributed by atoms with Gasteiger partial charge in [0.1, 0.15) is 0 Å². The molecule has 2 unspecified atom stereocenters. The fourth-order valence-corrected chi connectivity index (χ4v) is 5.29. The van der Waals surface area contributed by atoms with Crippen molar-refractivity contribution >= 4 is 28.2 Å². The molecule has 3 aliphatic carbocycles. The maximum atomic E-state index is 12.5. The van der Waals surface area contributed by atoms with Crippen LogP contribution in [0.15, 0.2) is 42.0 Å². The summed E-state index contributed by atoms with van der Waals surface area (Å²) in [6.07, 6.45) is 7.69. The summed E-state index contributed by atoms with van der Waals surface area (Å²) >= 11 is 6.41. The molecular weight excluding hydrogens is 292 g/mol. The third kappa shape index (κ3) is 1.53. The highest BCUT2D eigenvalue weighted by Crippen LogP contribution is 2.59. The molecule has 1 saturated carbocycles. The molecule has 2 bridgehead atoms. The number of carbonyl (C=O) groups excluding carboxylic acids is 1. The molecule has 0 aromatic heterocycles. The number of benzene rings is 2. The summed E-state index contributed by atoms with van der Waals surface area (Å²) in [5.41, 5.74) is 4.02. The molecule has 0 amide bonds. The first-order valence-electron chi connectivity index (χ1n) is 8.11. The van der Waals surface area contributed by atoms with Crippen molar-refractivity contribution in [1.29, 1.82) is 0 Å². The molecule has 0 radical (unpaired) electrons. The van der Waals surface area contributed by atoms with Gasteiger partial charge in [0.05, 0.1) is 0 Å². The van der Waals surface area contributed by atoms with Gasteiger partial charge in [0.2, 0.25) is 0 Å². The Hall–Kier alpha value is -1.60. The fraction of sp³-hybridized carbons (Fsp3) is 0.350. The van der Waals surface area contributed by atoms with Crippen LogP contribution < -0.4 is 0 Å². The van der Waals surface area contributed by atoms with Crippen molar-refractivity contribution in [2.75, 3.05) is 0 Å². The minimum Gasteiger partial charge on any atom is -0.294 e. The van der Waals surface area contributed by atoms with E-state index in [4.69, 9.17) is 11.6 Å². The zero-order valence-corrected chi connectivity index (χ0v) is 13.1. The Labute approximate surface area is 135 Å². The summed E-state index contributed by atoms with van der Waals surface area (Å²) in [6.45, 7) is 0. The van der Waals surface area contributed by atoms with Gasteiger partial charge in [-0.05, 0) is 60.7 Å². The van der Waals surface area contributed by atoms with E-state index in [1.54, 1.807) is 5.57 Å². The van der Waals surface area contributed by atoms with Crippen LogP contribution in [0.2, 0.25) is 5.02 Å². The first-order valence-corrected chi connectivity index (χ1v) is 8.49. The van der Waals surface area contributed by atoms with E-state index >= 15 is 0 Å². The maximum Gasteiger partial charge on any atom is 0.163 e. The van der Waals surface area contributed by atoms with Gasteiger partial charge in [0, 0.05) is 27.8 Å². The van der Waals surface area contributed by atoms with E-state index in [0.717, 1.165) is 34.2 Å². The van der Waals surface area contributed by atoms with Gasteiger partial charge in [0.25, 0.3) is 0 Å². The zero-order valence-electron chi connectivity index (χ0n) is 12.4. The Kier molecular flexibility index (Phi) is 2.48. The molecule has 2 aromatic rings. The maximum absolute atomic E-state index is 12.5. The van der Waals surface area contributed by atoms with Crippen molar-refractivity contribution in [3.63, 3.8) is 0 Å². The van der Waals surface area contributed by atoms with Crippen molar-refractivity contribution in [1.82, 2.24) is 0 Å². The third-order valence-electron chi connectivity index (χ3n) is 6.12. The van der Waals surface area contributed by atoms with E-state index in [1.165, 1.54) is 18.4 Å². The van der Waals surface area contributed by atoms with Crippen LogP contribution in [0.1, 0.15) is 48.0 Å². The minimum absolute atomic E-state index is 0.195. The van der Waals surface area contributed by atoms with Crippen molar-refractivity contribution < 1.29 is 4.79 Å². The summed E-state index contributed by atoms with van der Waals surface area (Å²) in [7, 11) is 0. The molecule has 5 rings (SSSR count). The van der Waals surface area contributed by atoms with Gasteiger partial charge in [-0.2, -0.15) is 0 Å². The highest BCUT2D eigenvalue weighted by atomic mass is 35.5. The number of hydrogen-bond donors (Lipinski definition) is 0. The summed E-state index contributed by atoms with van der Waals surface area (Å²) in [4.78, 5) is 12.5. The monoisotopic (exact) mass is 308 g/mol. The SMILES string of the molecule is O=C1CCC2(CC3=CCC2C3)c2cc3c(Cl)cccc3cc21. The van der Waals surface area contributed by atoms with E-state index in [-0.39, 0.29) is 5.41 Å². The lowest BCUT2D eigenvalue weighted by atomic mass is 9.62. The van der Waals surface area contributed by atoms with E-state index in [0.29, 0.717) is 18.1 Å². The first-order chi connectivity index (χ1) is 10.7. The molecule has 0 N–H and O–H groups in total. The number of fused-ring (bicyclic) bond motifs is 6. The second kappa shape index (κ2) is 4.23. The predicted octanol–water partition coefficient (Wildman–Crippen LogP) is 5.45. The first kappa shape index (κ1) is 12.9. The van der Waals surface area contributed by atoms with Gasteiger partial charge in [0.15, 0.2) is 5.78 Å². The molecule has 1 nitrogen and oxygen atoms in total. The summed E-state index contributed by atoms with van der Waals surface area (Å²) < 4.78 is 0. The number of allylic oxidation sites excluding steroid dienone is 2. The predicted molar refractivity (Wildman–Crippen MR) is 89.6 cm³/mol. The molecule has 110 valence electrons. The topological polar surface area (TPSA) is 17.1 Å². The quantitative estimate of drug-likeness (QED) is 0.592. The van der Waals surface area contributed by atoms with Crippen LogP contribution in [0.4, 0.5) is 0 Å². The summed E-state index contributed by atoms with van der Waals surface area (Å²) in [6, 6.07) is 10.3. The third-order valence-corrected chi connectivity index (χ3v) is 6.45. The largest absolute Gasteiger partial charge is 0.294 e. The molecule has 0 heterocycles. The Morgan fingerprint density at radius 3 is 2.91 bits per heavy atom. The van der Waals surface area contributed by atoms with Crippen molar-refractivity contribution in [2.24, 2.45) is 5.92 Å². The number of ketones is 1. The van der Waals surface area contributed by atoms with Gasteiger partial charge >= 0.3 is 0 Å². The van der Waals surface area contributed by atoms with E-state index < -0.39 is 0 Å². The van der Waals surface area contributed by atoms with Crippen LogP contribution in [-0.2, 0) is 5.41 Å². The highest BCUT2D eigenvalue weighted by Gasteiger charge is 2.51. The molecule has 3 aliphatic rings. The molecule has 1 fully saturated rings. The second-order valence-electron chi connectivity index (χ2n) is 7.11. The highest BCUT2D eigenvalue weighted by molar-refractivity contribution is 6.35. The minimum atomic E-state index is 0.195. The molecule has 0 aliphatic heterocycles. The molecular formula is C20H17ClO. The lowest BCUT2D eigenvalue weighted by Gasteiger charge is -2.41. The number of rotatable bonds is 0. The average Bonchev–Trinajstić information content (AvgIpc) is 3.12. The second-order valence-corrected chi connectivity index (χ2v) is 7.52. The lowest BCUT2D eigenvalue weighted by Crippen LogP contribution is -2.37. The van der Waals surface area contributed by atoms with E-state index in [2.05, 4.69) is 24.3 Å². The smallest absolute Gasteiger partial charge is 0.163 e. The number of Topliss-reactive ketones (excluding diaryl/α,β-unsaturated/α-hetero) is 1. The molecule has 2 heteroatoms. The number of halogens is 1.